The van der Waals surface area contributed by atoms with Crippen molar-refractivity contribution in [3.8, 4) is 6.07 Å². The molecule has 1 aromatic rings. The van der Waals surface area contributed by atoms with Crippen molar-refractivity contribution in [1.82, 2.24) is 0 Å². The van der Waals surface area contributed by atoms with Crippen LogP contribution in [0, 0.1) is 11.3 Å². The number of rotatable bonds is 4. The monoisotopic (exact) mass is 253 g/mol. The normalized spacial score (nSPS) is 11.6. The minimum atomic E-state index is -0.704. The molecule has 1 aromatic carbocycles. The number of methoxy groups -OCH3 is 1. The number of nitrogens with zero attached hydrogens (tertiary/aromatic N) is 1. The largest absolute Gasteiger partial charge is 0.370 e. The summed E-state index contributed by atoms with van der Waals surface area (Å²) in [6.45, 7) is 0.0896. The Balaban J connectivity index is 2.79. The number of nitriles is 1. The van der Waals surface area contributed by atoms with Crippen LogP contribution in [-0.2, 0) is 9.53 Å². The second kappa shape index (κ2) is 6.21. The number of halogens is 1. The summed E-state index contributed by atoms with van der Waals surface area (Å²) < 4.78 is 4.89. The van der Waals surface area contributed by atoms with Gasteiger partial charge in [-0.2, -0.15) is 5.26 Å². The van der Waals surface area contributed by atoms with Gasteiger partial charge in [0.05, 0.1) is 10.6 Å². The molecule has 0 heterocycles. The van der Waals surface area contributed by atoms with E-state index in [4.69, 9.17) is 27.3 Å². The Hall–Kier alpha value is -1.61. The maximum absolute atomic E-state index is 11.6. The molecule has 0 bridgehead atoms. The lowest BCUT2D eigenvalue weighted by molar-refractivity contribution is -0.125. The van der Waals surface area contributed by atoms with E-state index in [0.717, 1.165) is 0 Å². The van der Waals surface area contributed by atoms with E-state index in [2.05, 4.69) is 5.32 Å². The Kier molecular flexibility index (Phi) is 4.91. The molecule has 6 heteroatoms. The molecule has 1 unspecified atom stereocenters. The molecular weight excluding hydrogens is 242 g/mol. The molecule has 0 aromatic heterocycles. The van der Waals surface area contributed by atoms with Crippen LogP contribution in [0.2, 0.25) is 5.02 Å². The number of nitrogens with one attached hydrogen (secondary N) is 1. The molecule has 0 fully saturated rings. The van der Waals surface area contributed by atoms with Crippen LogP contribution >= 0.6 is 11.6 Å². The van der Waals surface area contributed by atoms with Crippen molar-refractivity contribution >= 4 is 23.2 Å². The third kappa shape index (κ3) is 3.43. The highest BCUT2D eigenvalue weighted by Gasteiger charge is 2.15. The fraction of sp³-hybridized carbons (Fsp3) is 0.273. The average molecular weight is 254 g/mol. The van der Waals surface area contributed by atoms with E-state index >= 15 is 0 Å². The zero-order valence-corrected chi connectivity index (χ0v) is 9.99. The molecule has 0 saturated carbocycles. The summed E-state index contributed by atoms with van der Waals surface area (Å²) in [5.41, 5.74) is 6.21. The third-order valence-electron chi connectivity index (χ3n) is 2.15. The molecule has 17 heavy (non-hydrogen) atoms. The van der Waals surface area contributed by atoms with E-state index in [1.54, 1.807) is 6.07 Å². The summed E-state index contributed by atoms with van der Waals surface area (Å²) in [7, 11) is 1.41. The third-order valence-corrected chi connectivity index (χ3v) is 2.46. The Morgan fingerprint density at radius 3 is 2.88 bits per heavy atom. The number of anilines is 1. The lowest BCUT2D eigenvalue weighted by Crippen LogP contribution is -2.35. The van der Waals surface area contributed by atoms with Crippen molar-refractivity contribution < 1.29 is 9.53 Å². The zero-order valence-electron chi connectivity index (χ0n) is 9.24. The van der Waals surface area contributed by atoms with Gasteiger partial charge in [-0.15, -0.1) is 0 Å². The first kappa shape index (κ1) is 13.5. The lowest BCUT2D eigenvalue weighted by atomic mass is 10.2. The van der Waals surface area contributed by atoms with E-state index in [1.165, 1.54) is 19.2 Å². The van der Waals surface area contributed by atoms with Gasteiger partial charge in [-0.1, -0.05) is 11.6 Å². The van der Waals surface area contributed by atoms with E-state index in [1.807, 2.05) is 6.07 Å². The van der Waals surface area contributed by atoms with Crippen molar-refractivity contribution in [2.45, 2.75) is 6.10 Å². The van der Waals surface area contributed by atoms with E-state index < -0.39 is 6.10 Å². The fourth-order valence-electron chi connectivity index (χ4n) is 1.22. The smallest absolute Gasteiger partial charge is 0.254 e. The van der Waals surface area contributed by atoms with Gasteiger partial charge in [0.1, 0.15) is 12.2 Å². The summed E-state index contributed by atoms with van der Waals surface area (Å²) in [4.78, 5) is 11.6. The molecule has 0 saturated heterocycles. The number of hydrogen-bond donors (Lipinski definition) is 2. The van der Waals surface area contributed by atoms with Gasteiger partial charge in [0, 0.05) is 19.3 Å². The Morgan fingerprint density at radius 2 is 2.41 bits per heavy atom. The number of ether oxygens (including phenoxy) is 1. The number of benzene rings is 1. The van der Waals surface area contributed by atoms with Gasteiger partial charge in [-0.3, -0.25) is 4.79 Å². The Labute approximate surface area is 104 Å². The molecule has 1 rings (SSSR count). The van der Waals surface area contributed by atoms with Crippen LogP contribution in [0.1, 0.15) is 5.56 Å². The van der Waals surface area contributed by atoms with Crippen molar-refractivity contribution in [2.75, 3.05) is 19.0 Å². The molecule has 3 N–H and O–H groups in total. The minimum absolute atomic E-state index is 0.0896. The van der Waals surface area contributed by atoms with Gasteiger partial charge in [0.25, 0.3) is 5.91 Å². The lowest BCUT2D eigenvalue weighted by Gasteiger charge is -2.13. The number of amides is 1. The number of carbonyl (C=O) groups excluding carboxylic acids is 1. The van der Waals surface area contributed by atoms with E-state index in [0.29, 0.717) is 11.3 Å². The maximum Gasteiger partial charge on any atom is 0.254 e. The SMILES string of the molecule is COC(CN)C(=O)Nc1ccc(C#N)c(Cl)c1. The predicted octanol–water partition coefficient (Wildman–Crippen LogP) is 1.12. The first-order chi connectivity index (χ1) is 8.12. The van der Waals surface area contributed by atoms with Crippen LogP contribution in [0.5, 0.6) is 0 Å². The second-order valence-electron chi connectivity index (χ2n) is 3.26. The molecule has 1 atom stereocenters. The standard InChI is InChI=1S/C11H12ClN3O2/c1-17-10(6-14)11(16)15-8-3-2-7(5-13)9(12)4-8/h2-4,10H,6,14H2,1H3,(H,15,16). The van der Waals surface area contributed by atoms with Crippen LogP contribution in [0.4, 0.5) is 5.69 Å². The summed E-state index contributed by atoms with van der Waals surface area (Å²) in [6, 6.07) is 6.55. The van der Waals surface area contributed by atoms with Crippen LogP contribution in [0.25, 0.3) is 0 Å². The highest BCUT2D eigenvalue weighted by molar-refractivity contribution is 6.32. The number of nitrogens with two attached hydrogens (primary N) is 1. The van der Waals surface area contributed by atoms with Gasteiger partial charge < -0.3 is 15.8 Å². The number of hydrogen-bond acceptors (Lipinski definition) is 4. The van der Waals surface area contributed by atoms with Gasteiger partial charge >= 0.3 is 0 Å². The maximum atomic E-state index is 11.6. The summed E-state index contributed by atoms with van der Waals surface area (Å²) in [6.07, 6.45) is -0.704. The molecule has 0 aliphatic rings. The van der Waals surface area contributed by atoms with Crippen LogP contribution < -0.4 is 11.1 Å². The first-order valence-electron chi connectivity index (χ1n) is 4.85. The van der Waals surface area contributed by atoms with Gasteiger partial charge in [-0.25, -0.2) is 0 Å². The summed E-state index contributed by atoms with van der Waals surface area (Å²) in [5, 5.41) is 11.6. The van der Waals surface area contributed by atoms with Crippen LogP contribution in [-0.4, -0.2) is 25.7 Å². The molecular formula is C11H12ClN3O2. The van der Waals surface area contributed by atoms with Crippen molar-refractivity contribution in [3.63, 3.8) is 0 Å². The fourth-order valence-corrected chi connectivity index (χ4v) is 1.44. The van der Waals surface area contributed by atoms with Gasteiger partial charge in [-0.05, 0) is 18.2 Å². The Bertz CT molecular complexity index is 453. The average Bonchev–Trinajstić information content (AvgIpc) is 2.31. The predicted molar refractivity (Wildman–Crippen MR) is 64.6 cm³/mol. The van der Waals surface area contributed by atoms with Crippen molar-refractivity contribution in [1.29, 1.82) is 5.26 Å². The topological polar surface area (TPSA) is 88.1 Å². The van der Waals surface area contributed by atoms with E-state index in [9.17, 15) is 4.79 Å². The van der Waals surface area contributed by atoms with Crippen molar-refractivity contribution in [3.05, 3.63) is 28.8 Å². The molecule has 0 aliphatic carbocycles. The quantitative estimate of drug-likeness (QED) is 0.842. The van der Waals surface area contributed by atoms with E-state index in [-0.39, 0.29) is 17.5 Å². The first-order valence-corrected chi connectivity index (χ1v) is 5.23. The minimum Gasteiger partial charge on any atom is -0.370 e. The van der Waals surface area contributed by atoms with Gasteiger partial charge in [0.2, 0.25) is 0 Å². The van der Waals surface area contributed by atoms with Crippen molar-refractivity contribution in [2.24, 2.45) is 5.73 Å². The molecule has 5 nitrogen and oxygen atoms in total. The summed E-state index contributed by atoms with van der Waals surface area (Å²) in [5.74, 6) is -0.351. The zero-order chi connectivity index (χ0) is 12.8. The Morgan fingerprint density at radius 1 is 1.71 bits per heavy atom. The van der Waals surface area contributed by atoms with Gasteiger partial charge in [0.15, 0.2) is 0 Å². The molecule has 0 spiro atoms. The van der Waals surface area contributed by atoms with Crippen LogP contribution in [0.15, 0.2) is 18.2 Å². The molecule has 0 radical (unpaired) electrons. The molecule has 90 valence electrons. The highest BCUT2D eigenvalue weighted by atomic mass is 35.5. The highest BCUT2D eigenvalue weighted by Crippen LogP contribution is 2.20. The molecule has 1 amide bonds. The summed E-state index contributed by atoms with van der Waals surface area (Å²) >= 11 is 5.83. The molecule has 0 aliphatic heterocycles. The van der Waals surface area contributed by atoms with Crippen LogP contribution in [0.3, 0.4) is 0 Å². The second-order valence-corrected chi connectivity index (χ2v) is 3.66. The number of carbonyl (C=O) groups is 1.